The summed E-state index contributed by atoms with van der Waals surface area (Å²) in [6, 6.07) is 5.25. The highest BCUT2D eigenvalue weighted by Gasteiger charge is 2.14. The smallest absolute Gasteiger partial charge is 0.313 e. The molecule has 0 unspecified atom stereocenters. The third kappa shape index (κ3) is 4.97. The maximum atomic E-state index is 11.7. The van der Waals surface area contributed by atoms with E-state index in [0.29, 0.717) is 24.5 Å². The summed E-state index contributed by atoms with van der Waals surface area (Å²) in [7, 11) is 3.78. The Kier molecular flexibility index (Phi) is 5.32. The van der Waals surface area contributed by atoms with Crippen molar-refractivity contribution in [2.24, 2.45) is 0 Å². The summed E-state index contributed by atoms with van der Waals surface area (Å²) in [5, 5.41) is 5.03. The number of nitrogens with one attached hydrogen (secondary N) is 2. The maximum absolute atomic E-state index is 11.7. The number of nitrogens with zero attached hydrogens (tertiary/aromatic N) is 1. The molecule has 0 aliphatic carbocycles. The summed E-state index contributed by atoms with van der Waals surface area (Å²) < 4.78 is 0. The summed E-state index contributed by atoms with van der Waals surface area (Å²) in [4.78, 5) is 25.1. The quantitative estimate of drug-likeness (QED) is 0.535. The molecule has 0 aromatic heterocycles. The third-order valence-electron chi connectivity index (χ3n) is 2.51. The first-order valence-electron chi connectivity index (χ1n) is 6.00. The molecule has 0 spiro atoms. The Morgan fingerprint density at radius 1 is 1.26 bits per heavy atom. The molecule has 19 heavy (non-hydrogen) atoms. The van der Waals surface area contributed by atoms with Gasteiger partial charge in [0, 0.05) is 13.1 Å². The highest BCUT2D eigenvalue weighted by molar-refractivity contribution is 6.39. The minimum atomic E-state index is -0.712. The van der Waals surface area contributed by atoms with Gasteiger partial charge in [0.1, 0.15) is 0 Å². The number of carbonyl (C=O) groups is 2. The van der Waals surface area contributed by atoms with Crippen LogP contribution < -0.4 is 16.4 Å². The normalized spacial score (nSPS) is 10.3. The predicted molar refractivity (Wildman–Crippen MR) is 75.8 cm³/mol. The van der Waals surface area contributed by atoms with Crippen LogP contribution in [0.25, 0.3) is 0 Å². The largest absolute Gasteiger partial charge is 0.397 e. The number of hydrogen-bond acceptors (Lipinski definition) is 4. The van der Waals surface area contributed by atoms with Gasteiger partial charge in [-0.3, -0.25) is 9.59 Å². The van der Waals surface area contributed by atoms with Crippen molar-refractivity contribution in [1.82, 2.24) is 10.2 Å². The van der Waals surface area contributed by atoms with Gasteiger partial charge in [0.25, 0.3) is 0 Å². The summed E-state index contributed by atoms with van der Waals surface area (Å²) >= 11 is 0. The van der Waals surface area contributed by atoms with Crippen LogP contribution in [0.3, 0.4) is 0 Å². The fourth-order valence-electron chi connectivity index (χ4n) is 1.43. The van der Waals surface area contributed by atoms with Crippen molar-refractivity contribution in [2.45, 2.75) is 6.92 Å². The van der Waals surface area contributed by atoms with Gasteiger partial charge in [0.15, 0.2) is 0 Å². The molecule has 0 heterocycles. The number of amides is 2. The average molecular weight is 264 g/mol. The first-order valence-corrected chi connectivity index (χ1v) is 6.00. The molecule has 1 rings (SSSR count). The van der Waals surface area contributed by atoms with E-state index < -0.39 is 11.8 Å². The van der Waals surface area contributed by atoms with Crippen LogP contribution in [0.4, 0.5) is 11.4 Å². The zero-order valence-corrected chi connectivity index (χ0v) is 11.5. The molecule has 0 aliphatic rings. The zero-order valence-electron chi connectivity index (χ0n) is 11.5. The van der Waals surface area contributed by atoms with Crippen LogP contribution in [0.2, 0.25) is 0 Å². The number of likely N-dealkylation sites (N-methyl/N-ethyl adjacent to an activating group) is 1. The predicted octanol–water partition coefficient (Wildman–Crippen LogP) is 0.194. The number of benzene rings is 1. The van der Waals surface area contributed by atoms with Gasteiger partial charge < -0.3 is 21.3 Å². The summed E-state index contributed by atoms with van der Waals surface area (Å²) in [5.41, 5.74) is 7.56. The van der Waals surface area contributed by atoms with E-state index in [0.717, 1.165) is 5.56 Å². The lowest BCUT2D eigenvalue weighted by atomic mass is 10.2. The molecule has 6 nitrogen and oxygen atoms in total. The number of nitrogens with two attached hydrogens (primary N) is 1. The molecule has 1 aromatic carbocycles. The molecule has 0 fully saturated rings. The van der Waals surface area contributed by atoms with Gasteiger partial charge in [-0.2, -0.15) is 0 Å². The second-order valence-corrected chi connectivity index (χ2v) is 4.60. The first-order chi connectivity index (χ1) is 8.90. The molecule has 6 heteroatoms. The number of nitrogen functional groups attached to an aromatic ring is 1. The Morgan fingerprint density at radius 3 is 2.58 bits per heavy atom. The molecule has 1 aromatic rings. The van der Waals surface area contributed by atoms with Gasteiger partial charge in [-0.15, -0.1) is 0 Å². The monoisotopic (exact) mass is 264 g/mol. The first kappa shape index (κ1) is 15.0. The Hall–Kier alpha value is -2.08. The van der Waals surface area contributed by atoms with Crippen molar-refractivity contribution in [3.63, 3.8) is 0 Å². The lowest BCUT2D eigenvalue weighted by Crippen LogP contribution is -2.38. The van der Waals surface area contributed by atoms with E-state index in [1.807, 2.05) is 32.0 Å². The van der Waals surface area contributed by atoms with E-state index in [2.05, 4.69) is 10.6 Å². The van der Waals surface area contributed by atoms with Crippen LogP contribution in [0.1, 0.15) is 5.56 Å². The molecule has 0 saturated heterocycles. The number of anilines is 2. The lowest BCUT2D eigenvalue weighted by molar-refractivity contribution is -0.136. The Bertz CT molecular complexity index is 472. The van der Waals surface area contributed by atoms with E-state index in [9.17, 15) is 9.59 Å². The average Bonchev–Trinajstić information content (AvgIpc) is 2.33. The summed E-state index contributed by atoms with van der Waals surface area (Å²) in [5.74, 6) is -1.38. The molecule has 0 aliphatic heterocycles. The van der Waals surface area contributed by atoms with Crippen LogP contribution in [-0.4, -0.2) is 43.9 Å². The van der Waals surface area contributed by atoms with Crippen LogP contribution in [-0.2, 0) is 9.59 Å². The van der Waals surface area contributed by atoms with Crippen molar-refractivity contribution in [1.29, 1.82) is 0 Å². The lowest BCUT2D eigenvalue weighted by Gasteiger charge is -2.11. The molecule has 104 valence electrons. The molecule has 0 radical (unpaired) electrons. The summed E-state index contributed by atoms with van der Waals surface area (Å²) in [6.45, 7) is 2.97. The van der Waals surface area contributed by atoms with E-state index in [-0.39, 0.29) is 0 Å². The van der Waals surface area contributed by atoms with Gasteiger partial charge >= 0.3 is 11.8 Å². The standard InChI is InChI=1S/C13H20N4O2/c1-9-4-5-10(14)11(8-9)16-13(19)12(18)15-6-7-17(2)3/h4-5,8H,6-7,14H2,1-3H3,(H,15,18)(H,16,19). The van der Waals surface area contributed by atoms with E-state index in [4.69, 9.17) is 5.73 Å². The van der Waals surface area contributed by atoms with Crippen LogP contribution in [0, 0.1) is 6.92 Å². The minimum absolute atomic E-state index is 0.419. The van der Waals surface area contributed by atoms with Crippen molar-refractivity contribution in [3.05, 3.63) is 23.8 Å². The van der Waals surface area contributed by atoms with Gasteiger partial charge in [-0.25, -0.2) is 0 Å². The second kappa shape index (κ2) is 6.75. The molecule has 0 bridgehead atoms. The molecule has 0 saturated carbocycles. The van der Waals surface area contributed by atoms with Crippen LogP contribution in [0.5, 0.6) is 0 Å². The molecule has 0 atom stereocenters. The Morgan fingerprint density at radius 2 is 1.95 bits per heavy atom. The second-order valence-electron chi connectivity index (χ2n) is 4.60. The minimum Gasteiger partial charge on any atom is -0.397 e. The number of rotatable bonds is 4. The number of hydrogen-bond donors (Lipinski definition) is 3. The van der Waals surface area contributed by atoms with Gasteiger partial charge in [-0.1, -0.05) is 6.07 Å². The van der Waals surface area contributed by atoms with Crippen molar-refractivity contribution in [3.8, 4) is 0 Å². The fraction of sp³-hybridized carbons (Fsp3) is 0.385. The highest BCUT2D eigenvalue weighted by atomic mass is 16.2. The molecular formula is C13H20N4O2. The molecular weight excluding hydrogens is 244 g/mol. The number of aryl methyl sites for hydroxylation is 1. The van der Waals surface area contributed by atoms with Crippen LogP contribution >= 0.6 is 0 Å². The Labute approximate surface area is 113 Å². The molecule has 4 N–H and O–H groups in total. The topological polar surface area (TPSA) is 87.5 Å². The molecule has 2 amide bonds. The number of carbonyl (C=O) groups excluding carboxylic acids is 2. The van der Waals surface area contributed by atoms with E-state index in [1.165, 1.54) is 0 Å². The van der Waals surface area contributed by atoms with Crippen LogP contribution in [0.15, 0.2) is 18.2 Å². The van der Waals surface area contributed by atoms with Crippen molar-refractivity contribution < 1.29 is 9.59 Å². The summed E-state index contributed by atoms with van der Waals surface area (Å²) in [6.07, 6.45) is 0. The van der Waals surface area contributed by atoms with Crippen molar-refractivity contribution in [2.75, 3.05) is 38.2 Å². The highest BCUT2D eigenvalue weighted by Crippen LogP contribution is 2.19. The fourth-order valence-corrected chi connectivity index (χ4v) is 1.43. The van der Waals surface area contributed by atoms with Gasteiger partial charge in [0.05, 0.1) is 11.4 Å². The zero-order chi connectivity index (χ0) is 14.4. The van der Waals surface area contributed by atoms with E-state index in [1.54, 1.807) is 12.1 Å². The van der Waals surface area contributed by atoms with Crippen molar-refractivity contribution >= 4 is 23.2 Å². The third-order valence-corrected chi connectivity index (χ3v) is 2.51. The van der Waals surface area contributed by atoms with E-state index >= 15 is 0 Å². The SMILES string of the molecule is Cc1ccc(N)c(NC(=O)C(=O)NCCN(C)C)c1. The van der Waals surface area contributed by atoms with Gasteiger partial charge in [-0.05, 0) is 38.7 Å². The maximum Gasteiger partial charge on any atom is 0.313 e. The Balaban J connectivity index is 2.54. The van der Waals surface area contributed by atoms with Gasteiger partial charge in [0.2, 0.25) is 0 Å².